The third kappa shape index (κ3) is 3.36. The molecular weight excluding hydrogens is 188 g/mol. The summed E-state index contributed by atoms with van der Waals surface area (Å²) >= 11 is 0. The van der Waals surface area contributed by atoms with Crippen LogP contribution in [0.25, 0.3) is 0 Å². The van der Waals surface area contributed by atoms with Crippen LogP contribution in [0.3, 0.4) is 0 Å². The molecule has 0 saturated carbocycles. The number of likely N-dealkylation sites (N-methyl/N-ethyl adjacent to an activating group) is 1. The van der Waals surface area contributed by atoms with E-state index >= 15 is 0 Å². The first-order valence-electron chi connectivity index (χ1n) is 5.10. The van der Waals surface area contributed by atoms with Gasteiger partial charge < -0.3 is 0 Å². The largest absolute Gasteiger partial charge is 0.284 e. The molecule has 0 bridgehead atoms. The van der Waals surface area contributed by atoms with Crippen molar-refractivity contribution in [3.05, 3.63) is 35.4 Å². The maximum atomic E-state index is 11.3. The Kier molecular flexibility index (Phi) is 3.86. The predicted molar refractivity (Wildman–Crippen MR) is 61.2 cm³/mol. The average Bonchev–Trinajstić information content (AvgIpc) is 2.18. The number of nitrogens with zero attached hydrogens (tertiary/aromatic N) is 1. The van der Waals surface area contributed by atoms with Gasteiger partial charge in [-0.2, -0.15) is 0 Å². The minimum Gasteiger partial charge on any atom is -0.284 e. The van der Waals surface area contributed by atoms with Crippen LogP contribution in [0.15, 0.2) is 24.3 Å². The van der Waals surface area contributed by atoms with E-state index in [1.807, 2.05) is 12.1 Å². The highest BCUT2D eigenvalue weighted by atomic mass is 16.2. The number of amides is 1. The highest BCUT2D eigenvalue weighted by Gasteiger charge is 2.06. The zero-order chi connectivity index (χ0) is 11.4. The maximum absolute atomic E-state index is 11.3. The number of hydrazine groups is 1. The van der Waals surface area contributed by atoms with E-state index in [1.54, 1.807) is 7.05 Å². The molecular formula is C12H18N2O. The monoisotopic (exact) mass is 206 g/mol. The van der Waals surface area contributed by atoms with Crippen molar-refractivity contribution < 1.29 is 4.79 Å². The van der Waals surface area contributed by atoms with E-state index < -0.39 is 0 Å². The fourth-order valence-corrected chi connectivity index (χ4v) is 1.32. The van der Waals surface area contributed by atoms with Gasteiger partial charge >= 0.3 is 0 Å². The lowest BCUT2D eigenvalue weighted by molar-refractivity contribution is -0.129. The zero-order valence-corrected chi connectivity index (χ0v) is 9.53. The molecule has 0 heterocycles. The Hall–Kier alpha value is -1.35. The van der Waals surface area contributed by atoms with Crippen LogP contribution in [0, 0.1) is 0 Å². The summed E-state index contributed by atoms with van der Waals surface area (Å²) in [7, 11) is 1.56. The molecule has 3 heteroatoms. The highest BCUT2D eigenvalue weighted by molar-refractivity contribution is 5.77. The lowest BCUT2D eigenvalue weighted by Crippen LogP contribution is -2.34. The number of rotatable bonds is 3. The Morgan fingerprint density at radius 3 is 2.27 bits per heavy atom. The quantitative estimate of drug-likeness (QED) is 0.464. The van der Waals surface area contributed by atoms with Crippen molar-refractivity contribution >= 4 is 5.91 Å². The second-order valence-corrected chi connectivity index (χ2v) is 4.08. The molecule has 0 fully saturated rings. The zero-order valence-electron chi connectivity index (χ0n) is 9.53. The minimum absolute atomic E-state index is 0.0766. The molecule has 0 aliphatic carbocycles. The molecule has 82 valence electrons. The lowest BCUT2D eigenvalue weighted by atomic mass is 10.0. The van der Waals surface area contributed by atoms with Crippen LogP contribution in [0.5, 0.6) is 0 Å². The molecule has 0 saturated heterocycles. The Bertz CT molecular complexity index is 328. The van der Waals surface area contributed by atoms with Gasteiger partial charge in [-0.25, -0.2) is 5.84 Å². The summed E-state index contributed by atoms with van der Waals surface area (Å²) < 4.78 is 0. The van der Waals surface area contributed by atoms with Crippen LogP contribution in [-0.4, -0.2) is 18.0 Å². The third-order valence-electron chi connectivity index (χ3n) is 2.40. The minimum atomic E-state index is -0.0766. The molecule has 1 aromatic carbocycles. The number of carbonyl (C=O) groups excluding carboxylic acids is 1. The van der Waals surface area contributed by atoms with Crippen LogP contribution in [-0.2, 0) is 11.2 Å². The van der Waals surface area contributed by atoms with Crippen LogP contribution >= 0.6 is 0 Å². The molecule has 0 radical (unpaired) electrons. The van der Waals surface area contributed by atoms with Gasteiger partial charge in [-0.05, 0) is 17.0 Å². The first-order chi connectivity index (χ1) is 7.00. The number of hydrogen-bond donors (Lipinski definition) is 1. The van der Waals surface area contributed by atoms with E-state index in [0.29, 0.717) is 12.3 Å². The van der Waals surface area contributed by atoms with Crippen molar-refractivity contribution in [1.82, 2.24) is 5.01 Å². The summed E-state index contributed by atoms with van der Waals surface area (Å²) in [6, 6.07) is 8.08. The lowest BCUT2D eigenvalue weighted by Gasteiger charge is -2.10. The first-order valence-corrected chi connectivity index (χ1v) is 5.10. The molecule has 1 amide bonds. The van der Waals surface area contributed by atoms with E-state index in [9.17, 15) is 4.79 Å². The van der Waals surface area contributed by atoms with Gasteiger partial charge in [0.15, 0.2) is 0 Å². The first kappa shape index (κ1) is 11.7. The predicted octanol–water partition coefficient (Wildman–Crippen LogP) is 1.68. The molecule has 15 heavy (non-hydrogen) atoms. The Balaban J connectivity index is 2.69. The fourth-order valence-electron chi connectivity index (χ4n) is 1.32. The highest BCUT2D eigenvalue weighted by Crippen LogP contribution is 2.14. The second kappa shape index (κ2) is 4.94. The van der Waals surface area contributed by atoms with Gasteiger partial charge in [-0.3, -0.25) is 9.80 Å². The molecule has 0 aliphatic rings. The van der Waals surface area contributed by atoms with Gasteiger partial charge in [-0.1, -0.05) is 38.1 Å². The van der Waals surface area contributed by atoms with Crippen molar-refractivity contribution in [3.8, 4) is 0 Å². The number of hydrogen-bond acceptors (Lipinski definition) is 2. The molecule has 0 spiro atoms. The van der Waals surface area contributed by atoms with Crippen LogP contribution in [0.1, 0.15) is 30.9 Å². The molecule has 1 rings (SSSR count). The van der Waals surface area contributed by atoms with Gasteiger partial charge in [-0.15, -0.1) is 0 Å². The van der Waals surface area contributed by atoms with Gasteiger partial charge in [0.1, 0.15) is 0 Å². The Morgan fingerprint density at radius 1 is 1.33 bits per heavy atom. The summed E-state index contributed by atoms with van der Waals surface area (Å²) in [5, 5.41) is 1.12. The van der Waals surface area contributed by atoms with Crippen molar-refractivity contribution in [2.45, 2.75) is 26.2 Å². The molecule has 0 aliphatic heterocycles. The Morgan fingerprint density at radius 2 is 1.87 bits per heavy atom. The van der Waals surface area contributed by atoms with E-state index in [1.165, 1.54) is 5.56 Å². The van der Waals surface area contributed by atoms with E-state index in [2.05, 4.69) is 26.0 Å². The van der Waals surface area contributed by atoms with Gasteiger partial charge in [0.25, 0.3) is 0 Å². The summed E-state index contributed by atoms with van der Waals surface area (Å²) in [5.41, 5.74) is 2.29. The van der Waals surface area contributed by atoms with Crippen molar-refractivity contribution in [2.24, 2.45) is 5.84 Å². The third-order valence-corrected chi connectivity index (χ3v) is 2.40. The normalized spacial score (nSPS) is 10.5. The molecule has 1 aromatic rings. The molecule has 3 nitrogen and oxygen atoms in total. The maximum Gasteiger partial charge on any atom is 0.240 e. The number of nitrogens with two attached hydrogens (primary N) is 1. The van der Waals surface area contributed by atoms with E-state index in [-0.39, 0.29) is 5.91 Å². The molecule has 0 aromatic heterocycles. The Labute approximate surface area is 90.9 Å². The summed E-state index contributed by atoms with van der Waals surface area (Å²) in [6.07, 6.45) is 0.366. The SMILES string of the molecule is CC(C)c1ccc(CC(=O)N(C)N)cc1. The van der Waals surface area contributed by atoms with Crippen molar-refractivity contribution in [3.63, 3.8) is 0 Å². The van der Waals surface area contributed by atoms with Crippen molar-refractivity contribution in [1.29, 1.82) is 0 Å². The number of carbonyl (C=O) groups is 1. The van der Waals surface area contributed by atoms with Gasteiger partial charge in [0.05, 0.1) is 6.42 Å². The van der Waals surface area contributed by atoms with E-state index in [4.69, 9.17) is 5.84 Å². The summed E-state index contributed by atoms with van der Waals surface area (Å²) in [6.45, 7) is 4.29. The molecule has 0 atom stereocenters. The summed E-state index contributed by atoms with van der Waals surface area (Å²) in [5.74, 6) is 5.79. The summed E-state index contributed by atoms with van der Waals surface area (Å²) in [4.78, 5) is 11.3. The number of benzene rings is 1. The van der Waals surface area contributed by atoms with Gasteiger partial charge in [0.2, 0.25) is 5.91 Å². The smallest absolute Gasteiger partial charge is 0.240 e. The second-order valence-electron chi connectivity index (χ2n) is 4.08. The van der Waals surface area contributed by atoms with Gasteiger partial charge in [0, 0.05) is 7.05 Å². The topological polar surface area (TPSA) is 46.3 Å². The van der Waals surface area contributed by atoms with Crippen LogP contribution in [0.4, 0.5) is 0 Å². The fraction of sp³-hybridized carbons (Fsp3) is 0.417. The van der Waals surface area contributed by atoms with E-state index in [0.717, 1.165) is 10.6 Å². The molecule has 0 unspecified atom stereocenters. The average molecular weight is 206 g/mol. The van der Waals surface area contributed by atoms with Crippen LogP contribution in [0.2, 0.25) is 0 Å². The van der Waals surface area contributed by atoms with Crippen LogP contribution < -0.4 is 5.84 Å². The molecule has 2 N–H and O–H groups in total. The van der Waals surface area contributed by atoms with Crippen molar-refractivity contribution in [2.75, 3.05) is 7.05 Å². The standard InChI is InChI=1S/C12H18N2O/c1-9(2)11-6-4-10(5-7-11)8-12(15)14(3)13/h4-7,9H,8,13H2,1-3H3.